The molecule has 1 aliphatic heterocycles. The zero-order chi connectivity index (χ0) is 28.5. The van der Waals surface area contributed by atoms with Crippen molar-refractivity contribution in [2.24, 2.45) is 0 Å². The van der Waals surface area contributed by atoms with Gasteiger partial charge in [0.25, 0.3) is 0 Å². The van der Waals surface area contributed by atoms with Crippen molar-refractivity contribution in [1.29, 1.82) is 0 Å². The van der Waals surface area contributed by atoms with Crippen molar-refractivity contribution < 1.29 is 32.6 Å². The largest absolute Gasteiger partial charge is 0.393 e. The molecule has 32 heavy (non-hydrogen) atoms. The molecule has 3 heterocycles. The molecule has 11 heteroatoms. The van der Waals surface area contributed by atoms with Gasteiger partial charge in [-0.15, -0.1) is 0 Å². The first kappa shape index (κ1) is 14.3. The van der Waals surface area contributed by atoms with E-state index in [2.05, 4.69) is 25.6 Å². The number of anilines is 3. The van der Waals surface area contributed by atoms with Crippen LogP contribution in [0, 0.1) is 17.5 Å². The summed E-state index contributed by atoms with van der Waals surface area (Å²) in [4.78, 5) is 12.6. The van der Waals surface area contributed by atoms with Crippen molar-refractivity contribution in [3.05, 3.63) is 35.8 Å². The Morgan fingerprint density at radius 1 is 1.19 bits per heavy atom. The summed E-state index contributed by atoms with van der Waals surface area (Å²) in [5, 5.41) is 15.2. The molecule has 0 bridgehead atoms. The van der Waals surface area contributed by atoms with Gasteiger partial charge < -0.3 is 20.5 Å². The molecule has 5 rings (SSSR count). The fraction of sp³-hybridized carbons (Fsp3) is 0.476. The monoisotopic (exact) mass is 455 g/mol. The molecule has 2 aromatic heterocycles. The van der Waals surface area contributed by atoms with Crippen molar-refractivity contribution in [3.8, 4) is 0 Å². The third-order valence-electron chi connectivity index (χ3n) is 5.00. The molecule has 8 nitrogen and oxygen atoms in total. The van der Waals surface area contributed by atoms with Crippen LogP contribution < -0.4 is 10.6 Å². The molecular weight excluding hydrogens is 425 g/mol. The van der Waals surface area contributed by atoms with Crippen LogP contribution in [0.4, 0.5) is 30.8 Å². The summed E-state index contributed by atoms with van der Waals surface area (Å²) in [6, 6.07) is -1.97. The summed E-state index contributed by atoms with van der Waals surface area (Å²) >= 11 is 0. The lowest BCUT2D eigenvalue weighted by Gasteiger charge is -2.26. The molecule has 1 saturated heterocycles. The summed E-state index contributed by atoms with van der Waals surface area (Å²) in [6.45, 7) is 0.558. The van der Waals surface area contributed by atoms with Crippen LogP contribution in [0.3, 0.4) is 0 Å². The standard InChI is InChI=1S/C21H23F3N6O2/c22-11-7-15(23)18(16(24)8-11)28-21-27-17-9-25-20(26-12-1-3-14(31)4-2-12)29-19(17)30(21)13-5-6-32-10-13/h7-9,12-14,31H,1-6,10H2,(H,27,28)(H,25,26,29)/i1D,2D,3D,4D2,12D,14D. The zero-order valence-corrected chi connectivity index (χ0v) is 16.4. The van der Waals surface area contributed by atoms with Crippen LogP contribution in [-0.2, 0) is 4.74 Å². The Balaban J connectivity index is 1.57. The van der Waals surface area contributed by atoms with Crippen LogP contribution in [0.1, 0.15) is 47.6 Å². The Labute approximate surface area is 191 Å². The number of hydrogen-bond acceptors (Lipinski definition) is 7. The number of aromatic nitrogens is 4. The van der Waals surface area contributed by atoms with Crippen molar-refractivity contribution in [2.75, 3.05) is 23.8 Å². The molecular formula is C21H23F3N6O2. The Bertz CT molecular complexity index is 1400. The van der Waals surface area contributed by atoms with Gasteiger partial charge in [-0.25, -0.2) is 23.1 Å². The lowest BCUT2D eigenvalue weighted by atomic mass is 9.93. The molecule has 6 atom stereocenters. The third-order valence-corrected chi connectivity index (χ3v) is 5.00. The van der Waals surface area contributed by atoms with Crippen LogP contribution in [0.2, 0.25) is 0 Å². The van der Waals surface area contributed by atoms with Crippen molar-refractivity contribution >= 4 is 28.7 Å². The first-order valence-electron chi connectivity index (χ1n) is 13.4. The first-order chi connectivity index (χ1) is 18.2. The van der Waals surface area contributed by atoms with Gasteiger partial charge in [-0.2, -0.15) is 4.98 Å². The normalized spacial score (nSPS) is 39.8. The highest BCUT2D eigenvalue weighted by Gasteiger charge is 2.27. The molecule has 2 aliphatic rings. The van der Waals surface area contributed by atoms with Crippen molar-refractivity contribution in [1.82, 2.24) is 19.5 Å². The zero-order valence-electron chi connectivity index (χ0n) is 23.4. The molecule has 0 radical (unpaired) electrons. The predicted octanol–water partition coefficient (Wildman–Crippen LogP) is 3.66. The van der Waals surface area contributed by atoms with Gasteiger partial charge in [0.2, 0.25) is 11.9 Å². The number of ether oxygens (including phenoxy) is 1. The molecule has 0 spiro atoms. The van der Waals surface area contributed by atoms with E-state index in [1.54, 1.807) is 0 Å². The van der Waals surface area contributed by atoms with Gasteiger partial charge in [0, 0.05) is 31.6 Å². The van der Waals surface area contributed by atoms with E-state index in [9.17, 15) is 18.3 Å². The number of nitrogens with one attached hydrogen (secondary N) is 2. The number of halogens is 3. The topological polar surface area (TPSA) is 97.1 Å². The van der Waals surface area contributed by atoms with Crippen molar-refractivity contribution in [2.45, 2.75) is 50.1 Å². The second kappa shape index (κ2) is 8.55. The minimum Gasteiger partial charge on any atom is -0.393 e. The van der Waals surface area contributed by atoms with E-state index < -0.39 is 66.8 Å². The summed E-state index contributed by atoms with van der Waals surface area (Å²) in [6.07, 6.45) is -10.8. The summed E-state index contributed by atoms with van der Waals surface area (Å²) in [7, 11) is 0. The summed E-state index contributed by atoms with van der Waals surface area (Å²) in [5.41, 5.74) is -0.427. The number of imidazole rings is 1. The van der Waals surface area contributed by atoms with E-state index in [0.29, 0.717) is 25.2 Å². The number of fused-ring (bicyclic) bond motifs is 1. The van der Waals surface area contributed by atoms with Gasteiger partial charge in [-0.3, -0.25) is 4.57 Å². The molecule has 0 amide bonds. The highest BCUT2D eigenvalue weighted by molar-refractivity contribution is 5.76. The minimum atomic E-state index is -3.12. The fourth-order valence-electron chi connectivity index (χ4n) is 3.51. The van der Waals surface area contributed by atoms with Gasteiger partial charge in [0.1, 0.15) is 17.0 Å². The fourth-order valence-corrected chi connectivity index (χ4v) is 3.51. The van der Waals surface area contributed by atoms with E-state index in [-0.39, 0.29) is 29.7 Å². The molecule has 3 aromatic rings. The quantitative estimate of drug-likeness (QED) is 0.540. The van der Waals surface area contributed by atoms with Crippen LogP contribution in [-0.4, -0.2) is 49.9 Å². The lowest BCUT2D eigenvalue weighted by Crippen LogP contribution is -2.29. The predicted molar refractivity (Wildman–Crippen MR) is 111 cm³/mol. The minimum absolute atomic E-state index is 0.0758. The number of hydrogen-bond donors (Lipinski definition) is 3. The van der Waals surface area contributed by atoms with Crippen LogP contribution in [0.5, 0.6) is 0 Å². The lowest BCUT2D eigenvalue weighted by molar-refractivity contribution is 0.126. The highest BCUT2D eigenvalue weighted by atomic mass is 19.1. The van der Waals surface area contributed by atoms with Gasteiger partial charge >= 0.3 is 0 Å². The average molecular weight is 455 g/mol. The Morgan fingerprint density at radius 2 is 2.00 bits per heavy atom. The Kier molecular flexibility index (Phi) is 3.81. The van der Waals surface area contributed by atoms with E-state index in [0.717, 1.165) is 0 Å². The summed E-state index contributed by atoms with van der Waals surface area (Å²) in [5.74, 6) is -3.94. The molecule has 1 saturated carbocycles. The summed E-state index contributed by atoms with van der Waals surface area (Å²) < 4.78 is 106. The van der Waals surface area contributed by atoms with Crippen molar-refractivity contribution in [3.63, 3.8) is 0 Å². The van der Waals surface area contributed by atoms with Crippen LogP contribution >= 0.6 is 0 Å². The van der Waals surface area contributed by atoms with E-state index in [1.807, 2.05) is 0 Å². The second-order valence-electron chi connectivity index (χ2n) is 7.18. The van der Waals surface area contributed by atoms with Gasteiger partial charge in [0.05, 0.1) is 27.7 Å². The van der Waals surface area contributed by atoms with Crippen LogP contribution in [0.25, 0.3) is 11.2 Å². The number of rotatable bonds is 5. The van der Waals surface area contributed by atoms with E-state index >= 15 is 0 Å². The maximum Gasteiger partial charge on any atom is 0.224 e. The maximum absolute atomic E-state index is 14.4. The number of aliphatic hydroxyl groups is 1. The molecule has 2 fully saturated rings. The van der Waals surface area contributed by atoms with Crippen LogP contribution in [0.15, 0.2) is 18.3 Å². The SMILES string of the molecule is [2H]C1C([2H])C([2H])(O)C([2H])([2H])C([2H])C1([2H])Nc1ncc2nc(Nc3c(F)cc(F)cc3F)n(C3CCOC3)c2n1. The highest BCUT2D eigenvalue weighted by Crippen LogP contribution is 2.32. The smallest absolute Gasteiger partial charge is 0.224 e. The Hall–Kier alpha value is -2.92. The van der Waals surface area contributed by atoms with E-state index in [1.165, 1.54) is 10.8 Å². The van der Waals surface area contributed by atoms with Gasteiger partial charge in [0.15, 0.2) is 17.3 Å². The van der Waals surface area contributed by atoms with Gasteiger partial charge in [-0.05, 0) is 32.0 Å². The molecule has 170 valence electrons. The van der Waals surface area contributed by atoms with E-state index in [4.69, 9.17) is 14.3 Å². The van der Waals surface area contributed by atoms with Gasteiger partial charge in [-0.1, -0.05) is 0 Å². The number of benzene rings is 1. The maximum atomic E-state index is 14.4. The molecule has 6 unspecified atom stereocenters. The third kappa shape index (κ3) is 4.09. The molecule has 1 aliphatic carbocycles. The average Bonchev–Trinajstić information content (AvgIpc) is 3.51. The number of nitrogens with zero attached hydrogens (tertiary/aromatic N) is 4. The molecule has 1 aromatic carbocycles. The first-order valence-corrected chi connectivity index (χ1v) is 9.70. The second-order valence-corrected chi connectivity index (χ2v) is 7.18. The molecule has 3 N–H and O–H groups in total. The Morgan fingerprint density at radius 3 is 2.75 bits per heavy atom.